The second-order valence-electron chi connectivity index (χ2n) is 4.16. The number of H-pyrrole nitrogens is 2. The van der Waals surface area contributed by atoms with Crippen LogP contribution in [0.4, 0.5) is 0 Å². The number of amides is 1. The molecule has 1 amide bonds. The third-order valence-electron chi connectivity index (χ3n) is 2.66. The van der Waals surface area contributed by atoms with E-state index in [-0.39, 0.29) is 5.69 Å². The number of nitrogens with one attached hydrogen (secondary N) is 3. The Bertz CT molecular complexity index is 750. The summed E-state index contributed by atoms with van der Waals surface area (Å²) in [5.74, 6) is -2.13. The Hall–Kier alpha value is -3.16. The molecule has 0 spiro atoms. The van der Waals surface area contributed by atoms with E-state index in [0.717, 1.165) is 6.07 Å². The van der Waals surface area contributed by atoms with Crippen LogP contribution in [0.1, 0.15) is 22.1 Å². The van der Waals surface area contributed by atoms with E-state index in [1.165, 1.54) is 0 Å². The molecule has 1 heterocycles. The number of carboxylic acids is 1. The molecule has 1 unspecified atom stereocenters. The summed E-state index contributed by atoms with van der Waals surface area (Å²) in [6, 6.07) is 7.64. The summed E-state index contributed by atoms with van der Waals surface area (Å²) in [7, 11) is 0. The number of rotatable bonds is 4. The van der Waals surface area contributed by atoms with Crippen LogP contribution >= 0.6 is 0 Å². The predicted molar refractivity (Wildman–Crippen MR) is 72.0 cm³/mol. The number of benzene rings is 1. The van der Waals surface area contributed by atoms with Crippen molar-refractivity contribution in [3.63, 3.8) is 0 Å². The molecule has 0 aliphatic rings. The van der Waals surface area contributed by atoms with Crippen LogP contribution in [0.5, 0.6) is 0 Å². The van der Waals surface area contributed by atoms with Gasteiger partial charge in [-0.05, 0) is 5.56 Å². The first kappa shape index (κ1) is 14.3. The van der Waals surface area contributed by atoms with Crippen LogP contribution in [-0.2, 0) is 4.79 Å². The molecule has 4 N–H and O–H groups in total. The summed E-state index contributed by atoms with van der Waals surface area (Å²) in [6.07, 6.45) is 0. The van der Waals surface area contributed by atoms with E-state index in [1.54, 1.807) is 30.3 Å². The zero-order valence-corrected chi connectivity index (χ0v) is 10.6. The zero-order chi connectivity index (χ0) is 15.4. The van der Waals surface area contributed by atoms with Gasteiger partial charge in [0, 0.05) is 6.07 Å². The average molecular weight is 289 g/mol. The first-order valence-electron chi connectivity index (χ1n) is 5.89. The van der Waals surface area contributed by atoms with Gasteiger partial charge in [0.05, 0.1) is 0 Å². The zero-order valence-electron chi connectivity index (χ0n) is 10.6. The highest BCUT2D eigenvalue weighted by molar-refractivity contribution is 5.95. The molecule has 1 aromatic heterocycles. The van der Waals surface area contributed by atoms with Gasteiger partial charge in [0.15, 0.2) is 6.04 Å². The summed E-state index contributed by atoms with van der Waals surface area (Å²) in [5, 5.41) is 11.4. The monoisotopic (exact) mass is 289 g/mol. The molecule has 0 saturated carbocycles. The van der Waals surface area contributed by atoms with E-state index in [1.807, 2.05) is 4.98 Å². The van der Waals surface area contributed by atoms with Crippen molar-refractivity contribution in [2.24, 2.45) is 0 Å². The smallest absolute Gasteiger partial charge is 0.330 e. The lowest BCUT2D eigenvalue weighted by atomic mass is 10.1. The Labute approximate surface area is 117 Å². The summed E-state index contributed by atoms with van der Waals surface area (Å²) >= 11 is 0. The lowest BCUT2D eigenvalue weighted by Gasteiger charge is -2.14. The molecule has 0 fully saturated rings. The van der Waals surface area contributed by atoms with Gasteiger partial charge in [0.1, 0.15) is 5.69 Å². The highest BCUT2D eigenvalue weighted by atomic mass is 16.4. The molecule has 2 aromatic rings. The van der Waals surface area contributed by atoms with Crippen molar-refractivity contribution in [1.29, 1.82) is 0 Å². The van der Waals surface area contributed by atoms with Crippen molar-refractivity contribution in [2.45, 2.75) is 6.04 Å². The molecule has 1 aromatic carbocycles. The number of carbonyl (C=O) groups excluding carboxylic acids is 1. The van der Waals surface area contributed by atoms with Crippen LogP contribution < -0.4 is 16.6 Å². The third-order valence-corrected chi connectivity index (χ3v) is 2.66. The summed E-state index contributed by atoms with van der Waals surface area (Å²) in [5.41, 5.74) is -1.55. The number of aliphatic carboxylic acids is 1. The second-order valence-corrected chi connectivity index (χ2v) is 4.16. The van der Waals surface area contributed by atoms with E-state index >= 15 is 0 Å². The fourth-order valence-electron chi connectivity index (χ4n) is 1.73. The number of hydrogen-bond donors (Lipinski definition) is 4. The van der Waals surface area contributed by atoms with Gasteiger partial charge in [-0.2, -0.15) is 0 Å². The molecule has 0 radical (unpaired) electrons. The Morgan fingerprint density at radius 3 is 2.33 bits per heavy atom. The number of hydrogen-bond acceptors (Lipinski definition) is 4. The number of aromatic nitrogens is 2. The Kier molecular flexibility index (Phi) is 3.98. The molecule has 8 nitrogen and oxygen atoms in total. The minimum absolute atomic E-state index is 0.314. The highest BCUT2D eigenvalue weighted by Crippen LogP contribution is 2.13. The van der Waals surface area contributed by atoms with Crippen LogP contribution in [0.3, 0.4) is 0 Å². The van der Waals surface area contributed by atoms with E-state index < -0.39 is 29.2 Å². The number of carbonyl (C=O) groups is 2. The van der Waals surface area contributed by atoms with Gasteiger partial charge < -0.3 is 15.4 Å². The van der Waals surface area contributed by atoms with Gasteiger partial charge >= 0.3 is 11.7 Å². The van der Waals surface area contributed by atoms with Crippen molar-refractivity contribution in [1.82, 2.24) is 15.3 Å². The molecule has 1 atom stereocenters. The fraction of sp³-hybridized carbons (Fsp3) is 0.0769. The molecule has 8 heteroatoms. The van der Waals surface area contributed by atoms with E-state index in [0.29, 0.717) is 5.56 Å². The van der Waals surface area contributed by atoms with E-state index in [4.69, 9.17) is 0 Å². The summed E-state index contributed by atoms with van der Waals surface area (Å²) in [4.78, 5) is 49.5. The standard InChI is InChI=1S/C13H11N3O5/c17-9-6-8(14-13(21)15-9)11(18)16-10(12(19)20)7-4-2-1-3-5-7/h1-6,10H,(H,16,18)(H,19,20)(H2,14,15,17,21). The maximum Gasteiger partial charge on any atom is 0.330 e. The van der Waals surface area contributed by atoms with Gasteiger partial charge in [-0.1, -0.05) is 30.3 Å². The van der Waals surface area contributed by atoms with E-state index in [2.05, 4.69) is 10.3 Å². The summed E-state index contributed by atoms with van der Waals surface area (Å²) < 4.78 is 0. The van der Waals surface area contributed by atoms with Crippen LogP contribution in [0.25, 0.3) is 0 Å². The van der Waals surface area contributed by atoms with Crippen molar-refractivity contribution < 1.29 is 14.7 Å². The van der Waals surface area contributed by atoms with Crippen molar-refractivity contribution in [3.05, 3.63) is 68.5 Å². The predicted octanol–water partition coefficient (Wildman–Crippen LogP) is -0.381. The van der Waals surface area contributed by atoms with Gasteiger partial charge in [-0.3, -0.25) is 14.6 Å². The summed E-state index contributed by atoms with van der Waals surface area (Å²) in [6.45, 7) is 0. The van der Waals surface area contributed by atoms with Crippen molar-refractivity contribution in [3.8, 4) is 0 Å². The van der Waals surface area contributed by atoms with Gasteiger partial charge in [-0.25, -0.2) is 9.59 Å². The molecular formula is C13H11N3O5. The third kappa shape index (κ3) is 3.44. The molecule has 21 heavy (non-hydrogen) atoms. The average Bonchev–Trinajstić information content (AvgIpc) is 2.44. The maximum atomic E-state index is 11.9. The first-order chi connectivity index (χ1) is 9.97. The Morgan fingerprint density at radius 2 is 1.76 bits per heavy atom. The minimum Gasteiger partial charge on any atom is -0.479 e. The SMILES string of the molecule is O=C(NC(C(=O)O)c1ccccc1)c1cc(=O)[nH]c(=O)[nH]1. The van der Waals surface area contributed by atoms with Gasteiger partial charge in [-0.15, -0.1) is 0 Å². The molecule has 108 valence electrons. The second kappa shape index (κ2) is 5.87. The Morgan fingerprint density at radius 1 is 1.10 bits per heavy atom. The highest BCUT2D eigenvalue weighted by Gasteiger charge is 2.23. The first-order valence-corrected chi connectivity index (χ1v) is 5.89. The fourth-order valence-corrected chi connectivity index (χ4v) is 1.73. The minimum atomic E-state index is -1.29. The van der Waals surface area contributed by atoms with Crippen molar-refractivity contribution >= 4 is 11.9 Å². The molecular weight excluding hydrogens is 278 g/mol. The quantitative estimate of drug-likeness (QED) is 0.609. The van der Waals surface area contributed by atoms with Crippen LogP contribution in [0.15, 0.2) is 46.0 Å². The van der Waals surface area contributed by atoms with Crippen molar-refractivity contribution in [2.75, 3.05) is 0 Å². The van der Waals surface area contributed by atoms with E-state index in [9.17, 15) is 24.3 Å². The number of carboxylic acid groups (broad SMARTS) is 1. The molecule has 0 saturated heterocycles. The Balaban J connectivity index is 2.29. The van der Waals surface area contributed by atoms with Crippen LogP contribution in [0, 0.1) is 0 Å². The van der Waals surface area contributed by atoms with Gasteiger partial charge in [0.2, 0.25) is 0 Å². The lowest BCUT2D eigenvalue weighted by molar-refractivity contribution is -0.139. The lowest BCUT2D eigenvalue weighted by Crippen LogP contribution is -2.36. The van der Waals surface area contributed by atoms with Crippen LogP contribution in [0.2, 0.25) is 0 Å². The molecule has 0 aliphatic heterocycles. The van der Waals surface area contributed by atoms with Crippen LogP contribution in [-0.4, -0.2) is 27.0 Å². The largest absolute Gasteiger partial charge is 0.479 e. The molecule has 0 aliphatic carbocycles. The normalized spacial score (nSPS) is 11.6. The molecule has 2 rings (SSSR count). The van der Waals surface area contributed by atoms with Gasteiger partial charge in [0.25, 0.3) is 11.5 Å². The molecule has 0 bridgehead atoms. The number of aromatic amines is 2. The topological polar surface area (TPSA) is 132 Å². The maximum absolute atomic E-state index is 11.9.